The highest BCUT2D eigenvalue weighted by Crippen LogP contribution is 2.39. The number of rotatable bonds is 6. The van der Waals surface area contributed by atoms with Crippen LogP contribution in [0.4, 0.5) is 5.69 Å². The fourth-order valence-electron chi connectivity index (χ4n) is 2.52. The van der Waals surface area contributed by atoms with Gasteiger partial charge in [0, 0.05) is 5.69 Å². The van der Waals surface area contributed by atoms with Crippen molar-refractivity contribution in [2.75, 3.05) is 5.09 Å². The van der Waals surface area contributed by atoms with Crippen molar-refractivity contribution in [3.8, 4) is 11.5 Å². The Morgan fingerprint density at radius 3 is 2.22 bits per heavy atom. The Morgan fingerprint density at radius 1 is 1.04 bits per heavy atom. The molecule has 0 spiro atoms. The molecule has 0 saturated carbocycles. The predicted molar refractivity (Wildman–Crippen MR) is 88.6 cm³/mol. The summed E-state index contributed by atoms with van der Waals surface area (Å²) in [4.78, 5) is 18.2. The first-order valence-electron chi connectivity index (χ1n) is 7.23. The minimum atomic E-state index is -4.42. The Labute approximate surface area is 134 Å². The summed E-state index contributed by atoms with van der Waals surface area (Å²) < 4.78 is 11.2. The van der Waals surface area contributed by atoms with E-state index in [-0.39, 0.29) is 17.4 Å². The number of phenolic OH excluding ortho intramolecular Hbond substituents is 2. The van der Waals surface area contributed by atoms with E-state index in [0.29, 0.717) is 17.7 Å². The molecular weight excluding hydrogens is 317 g/mol. The number of hydrogen-bond donors (Lipinski definition) is 5. The number of aromatic hydroxyl groups is 2. The van der Waals surface area contributed by atoms with Crippen LogP contribution in [-0.2, 0) is 11.0 Å². The molecule has 0 aliphatic carbocycles. The number of nitrogens with one attached hydrogen (secondary N) is 1. The Balaban J connectivity index is 2.31. The van der Waals surface area contributed by atoms with Gasteiger partial charge in [0.25, 0.3) is 0 Å². The summed E-state index contributed by atoms with van der Waals surface area (Å²) in [5, 5.41) is 21.2. The van der Waals surface area contributed by atoms with Crippen LogP contribution < -0.4 is 5.09 Å². The molecule has 0 radical (unpaired) electrons. The summed E-state index contributed by atoms with van der Waals surface area (Å²) >= 11 is 0. The lowest BCUT2D eigenvalue weighted by Crippen LogP contribution is -2.05. The highest BCUT2D eigenvalue weighted by molar-refractivity contribution is 7.53. The van der Waals surface area contributed by atoms with Gasteiger partial charge < -0.3 is 20.0 Å². The van der Waals surface area contributed by atoms with Gasteiger partial charge in [-0.05, 0) is 60.2 Å². The fraction of sp³-hybridized carbons (Fsp3) is 0.250. The zero-order chi connectivity index (χ0) is 17.0. The second-order valence-electron chi connectivity index (χ2n) is 5.40. The molecule has 2 aromatic rings. The first-order valence-corrected chi connectivity index (χ1v) is 8.84. The molecule has 1 unspecified atom stereocenters. The van der Waals surface area contributed by atoms with E-state index >= 15 is 0 Å². The first-order chi connectivity index (χ1) is 10.8. The van der Waals surface area contributed by atoms with Crippen molar-refractivity contribution in [2.45, 2.75) is 25.7 Å². The quantitative estimate of drug-likeness (QED) is 0.408. The van der Waals surface area contributed by atoms with Crippen molar-refractivity contribution < 1.29 is 24.6 Å². The number of anilines is 1. The van der Waals surface area contributed by atoms with Crippen molar-refractivity contribution in [1.82, 2.24) is 0 Å². The molecule has 124 valence electrons. The average Bonchev–Trinajstić information content (AvgIpc) is 2.47. The molecular formula is C16H20NO5P. The van der Waals surface area contributed by atoms with E-state index in [9.17, 15) is 14.8 Å². The van der Waals surface area contributed by atoms with Gasteiger partial charge in [0.1, 0.15) is 11.5 Å². The molecule has 23 heavy (non-hydrogen) atoms. The van der Waals surface area contributed by atoms with Gasteiger partial charge in [-0.25, -0.2) is 4.57 Å². The molecule has 0 saturated heterocycles. The summed E-state index contributed by atoms with van der Waals surface area (Å²) in [5.41, 5.74) is 1.93. The maximum Gasteiger partial charge on any atom is 0.427 e. The van der Waals surface area contributed by atoms with Gasteiger partial charge in [-0.2, -0.15) is 0 Å². The highest BCUT2D eigenvalue weighted by atomic mass is 31.2. The van der Waals surface area contributed by atoms with Crippen LogP contribution in [0.2, 0.25) is 0 Å². The lowest BCUT2D eigenvalue weighted by molar-refractivity contribution is 0.380. The van der Waals surface area contributed by atoms with Crippen molar-refractivity contribution in [3.05, 3.63) is 53.6 Å². The largest absolute Gasteiger partial charge is 0.508 e. The van der Waals surface area contributed by atoms with Crippen LogP contribution in [0.1, 0.15) is 30.4 Å². The van der Waals surface area contributed by atoms with Crippen LogP contribution in [0, 0.1) is 0 Å². The number of phenols is 2. The third kappa shape index (κ3) is 4.99. The first kappa shape index (κ1) is 17.3. The number of benzene rings is 2. The van der Waals surface area contributed by atoms with Gasteiger partial charge >= 0.3 is 7.75 Å². The van der Waals surface area contributed by atoms with Crippen molar-refractivity contribution in [3.63, 3.8) is 0 Å². The van der Waals surface area contributed by atoms with Crippen LogP contribution in [0.15, 0.2) is 42.5 Å². The van der Waals surface area contributed by atoms with Gasteiger partial charge in [0.05, 0.1) is 0 Å². The molecule has 0 aromatic heterocycles. The van der Waals surface area contributed by atoms with Crippen LogP contribution in [0.3, 0.4) is 0 Å². The standard InChI is InChI=1S/C16H20NO5P/c1-2-11(12-3-5-14(18)6-4-12)9-13-10-15(19)7-8-16(13)17-23(20,21)22/h3-8,10-11,18-19H,2,9H2,1H3,(H3,17,20,21,22). The zero-order valence-electron chi connectivity index (χ0n) is 12.7. The molecule has 1 atom stereocenters. The van der Waals surface area contributed by atoms with Crippen LogP contribution in [0.5, 0.6) is 11.5 Å². The van der Waals surface area contributed by atoms with Gasteiger partial charge in [-0.3, -0.25) is 5.09 Å². The molecule has 0 aliphatic rings. The minimum Gasteiger partial charge on any atom is -0.508 e. The third-order valence-electron chi connectivity index (χ3n) is 3.68. The fourth-order valence-corrected chi connectivity index (χ4v) is 3.06. The van der Waals surface area contributed by atoms with Crippen LogP contribution in [0.25, 0.3) is 0 Å². The van der Waals surface area contributed by atoms with Crippen LogP contribution >= 0.6 is 7.75 Å². The molecule has 0 fully saturated rings. The van der Waals surface area contributed by atoms with Gasteiger partial charge in [-0.15, -0.1) is 0 Å². The van der Waals surface area contributed by atoms with E-state index in [4.69, 9.17) is 9.79 Å². The molecule has 7 heteroatoms. The lowest BCUT2D eigenvalue weighted by Gasteiger charge is -2.19. The summed E-state index contributed by atoms with van der Waals surface area (Å²) in [6, 6.07) is 11.2. The van der Waals surface area contributed by atoms with E-state index in [0.717, 1.165) is 12.0 Å². The van der Waals surface area contributed by atoms with E-state index in [2.05, 4.69) is 5.09 Å². The van der Waals surface area contributed by atoms with Crippen molar-refractivity contribution in [1.29, 1.82) is 0 Å². The normalized spacial score (nSPS) is 12.8. The Bertz CT molecular complexity index is 711. The summed E-state index contributed by atoms with van der Waals surface area (Å²) in [7, 11) is -4.42. The smallest absolute Gasteiger partial charge is 0.427 e. The summed E-state index contributed by atoms with van der Waals surface area (Å²) in [6.45, 7) is 2.01. The molecule has 6 nitrogen and oxygen atoms in total. The maximum atomic E-state index is 11.2. The molecule has 0 heterocycles. The second-order valence-corrected chi connectivity index (χ2v) is 6.71. The van der Waals surface area contributed by atoms with Crippen molar-refractivity contribution in [2.24, 2.45) is 0 Å². The second kappa shape index (κ2) is 7.04. The van der Waals surface area contributed by atoms with Gasteiger partial charge in [0.15, 0.2) is 0 Å². The number of hydrogen-bond acceptors (Lipinski definition) is 3. The Hall–Kier alpha value is -2.01. The van der Waals surface area contributed by atoms with E-state index < -0.39 is 7.75 Å². The minimum absolute atomic E-state index is 0.0387. The molecule has 0 aliphatic heterocycles. The third-order valence-corrected chi connectivity index (χ3v) is 4.21. The SMILES string of the molecule is CCC(Cc1cc(O)ccc1NP(=O)(O)O)c1ccc(O)cc1. The monoisotopic (exact) mass is 337 g/mol. The van der Waals surface area contributed by atoms with Gasteiger partial charge in [0.2, 0.25) is 0 Å². The summed E-state index contributed by atoms with van der Waals surface area (Å²) in [5.74, 6) is 0.316. The predicted octanol–water partition coefficient (Wildman–Crippen LogP) is 3.34. The molecule has 0 bridgehead atoms. The molecule has 2 aromatic carbocycles. The maximum absolute atomic E-state index is 11.2. The molecule has 5 N–H and O–H groups in total. The van der Waals surface area contributed by atoms with E-state index in [1.54, 1.807) is 12.1 Å². The Kier molecular flexibility index (Phi) is 5.31. The van der Waals surface area contributed by atoms with Gasteiger partial charge in [-0.1, -0.05) is 19.1 Å². The van der Waals surface area contributed by atoms with Crippen molar-refractivity contribution >= 4 is 13.4 Å². The molecule has 0 amide bonds. The van der Waals surface area contributed by atoms with E-state index in [1.807, 2.05) is 19.1 Å². The van der Waals surface area contributed by atoms with Crippen LogP contribution in [-0.4, -0.2) is 20.0 Å². The Morgan fingerprint density at radius 2 is 1.65 bits per heavy atom. The average molecular weight is 337 g/mol. The highest BCUT2D eigenvalue weighted by Gasteiger charge is 2.18. The van der Waals surface area contributed by atoms with E-state index in [1.165, 1.54) is 18.2 Å². The molecule has 2 rings (SSSR count). The summed E-state index contributed by atoms with van der Waals surface area (Å²) in [6.07, 6.45) is 1.30. The lowest BCUT2D eigenvalue weighted by atomic mass is 9.89. The zero-order valence-corrected chi connectivity index (χ0v) is 13.6. The topological polar surface area (TPSA) is 110 Å².